The molecule has 3 nitrogen and oxygen atoms in total. The van der Waals surface area contributed by atoms with Gasteiger partial charge in [0.05, 0.1) is 33.4 Å². The Kier molecular flexibility index (Phi) is 5.20. The summed E-state index contributed by atoms with van der Waals surface area (Å²) in [5.74, 6) is 0. The van der Waals surface area contributed by atoms with E-state index in [4.69, 9.17) is 0 Å². The Hall–Kier alpha value is -5.80. The van der Waals surface area contributed by atoms with Gasteiger partial charge in [0.25, 0.3) is 0 Å². The van der Waals surface area contributed by atoms with Gasteiger partial charge in [-0.1, -0.05) is 109 Å². The Morgan fingerprint density at radius 2 is 1.00 bits per heavy atom. The van der Waals surface area contributed by atoms with E-state index in [9.17, 15) is 0 Å². The number of nitrogens with one attached hydrogen (secondary N) is 1. The lowest BCUT2D eigenvalue weighted by molar-refractivity contribution is 1.18. The quantitative estimate of drug-likeness (QED) is 0.232. The van der Waals surface area contributed by atoms with Gasteiger partial charge in [-0.05, 0) is 53.9 Å². The fraction of sp³-hybridized carbons (Fsp3) is 0. The Balaban J connectivity index is 1.28. The lowest BCUT2D eigenvalue weighted by Gasteiger charge is -2.14. The smallest absolute Gasteiger partial charge is 0.0776 e. The van der Waals surface area contributed by atoms with Gasteiger partial charge in [0, 0.05) is 38.3 Å². The number of nitrogens with zero attached hydrogens (tertiary/aromatic N) is 2. The van der Waals surface area contributed by atoms with Crippen LogP contribution in [-0.4, -0.2) is 9.13 Å². The molecule has 2 heterocycles. The minimum atomic E-state index is 1.05. The van der Waals surface area contributed by atoms with Crippen molar-refractivity contribution in [2.24, 2.45) is 0 Å². The summed E-state index contributed by atoms with van der Waals surface area (Å²) < 4.78 is 4.79. The summed E-state index contributed by atoms with van der Waals surface area (Å²) in [6.07, 6.45) is 0. The summed E-state index contributed by atoms with van der Waals surface area (Å²) >= 11 is 0. The highest BCUT2D eigenvalue weighted by molar-refractivity contribution is 6.14. The molecule has 0 atom stereocenters. The highest BCUT2D eigenvalue weighted by Crippen LogP contribution is 2.39. The van der Waals surface area contributed by atoms with E-state index in [1.165, 1.54) is 60.1 Å². The first-order valence-electron chi connectivity index (χ1n) is 14.7. The van der Waals surface area contributed by atoms with Crippen LogP contribution in [0.5, 0.6) is 0 Å². The van der Waals surface area contributed by atoms with Crippen LogP contribution in [0.1, 0.15) is 0 Å². The second-order valence-corrected chi connectivity index (χ2v) is 11.1. The molecule has 0 fully saturated rings. The van der Waals surface area contributed by atoms with Crippen molar-refractivity contribution in [3.8, 4) is 11.4 Å². The van der Waals surface area contributed by atoms with Crippen molar-refractivity contribution in [2.45, 2.75) is 0 Å². The average molecular weight is 550 g/mol. The van der Waals surface area contributed by atoms with Gasteiger partial charge in [-0.3, -0.25) is 0 Å². The van der Waals surface area contributed by atoms with E-state index < -0.39 is 0 Å². The number of hydrogen-bond acceptors (Lipinski definition) is 1. The first kappa shape index (κ1) is 23.9. The minimum Gasteiger partial charge on any atom is -0.354 e. The van der Waals surface area contributed by atoms with Gasteiger partial charge in [-0.2, -0.15) is 0 Å². The molecule has 2 aromatic heterocycles. The molecule has 9 aromatic rings. The minimum absolute atomic E-state index is 1.05. The fourth-order valence-corrected chi connectivity index (χ4v) is 6.83. The molecule has 0 aliphatic rings. The van der Waals surface area contributed by atoms with Gasteiger partial charge in [0.2, 0.25) is 0 Å². The number of anilines is 2. The van der Waals surface area contributed by atoms with Gasteiger partial charge in [0.15, 0.2) is 0 Å². The average Bonchev–Trinajstić information content (AvgIpc) is 3.58. The van der Waals surface area contributed by atoms with Crippen molar-refractivity contribution >= 4 is 65.8 Å². The van der Waals surface area contributed by atoms with Crippen molar-refractivity contribution in [2.75, 3.05) is 5.32 Å². The zero-order valence-electron chi connectivity index (χ0n) is 23.4. The van der Waals surface area contributed by atoms with Gasteiger partial charge < -0.3 is 14.5 Å². The summed E-state index contributed by atoms with van der Waals surface area (Å²) in [7, 11) is 0. The maximum Gasteiger partial charge on any atom is 0.0776 e. The first-order chi connectivity index (χ1) is 21.3. The van der Waals surface area contributed by atoms with Crippen LogP contribution < -0.4 is 5.32 Å². The molecule has 9 rings (SSSR count). The highest BCUT2D eigenvalue weighted by Gasteiger charge is 2.17. The Labute approximate surface area is 248 Å². The van der Waals surface area contributed by atoms with E-state index in [1.807, 2.05) is 0 Å². The van der Waals surface area contributed by atoms with Crippen LogP contribution in [0.15, 0.2) is 158 Å². The van der Waals surface area contributed by atoms with Crippen LogP contribution in [0.3, 0.4) is 0 Å². The summed E-state index contributed by atoms with van der Waals surface area (Å²) in [6, 6.07) is 56.5. The molecule has 7 aromatic carbocycles. The SMILES string of the molecule is c1ccc(-n2c3ccccc3c3cccc(Nc4ccc5c6ccccc6n(-c6cccc7ccccc67)c5c4)c32)cc1. The highest BCUT2D eigenvalue weighted by atomic mass is 15.0. The third kappa shape index (κ3) is 3.62. The van der Waals surface area contributed by atoms with Crippen LogP contribution in [0.25, 0.3) is 65.8 Å². The summed E-state index contributed by atoms with van der Waals surface area (Å²) in [4.78, 5) is 0. The third-order valence-electron chi connectivity index (χ3n) is 8.67. The zero-order chi connectivity index (χ0) is 28.3. The van der Waals surface area contributed by atoms with Crippen LogP contribution in [0, 0.1) is 0 Å². The molecule has 0 radical (unpaired) electrons. The third-order valence-corrected chi connectivity index (χ3v) is 8.67. The molecule has 202 valence electrons. The number of fused-ring (bicyclic) bond motifs is 7. The fourth-order valence-electron chi connectivity index (χ4n) is 6.83. The first-order valence-corrected chi connectivity index (χ1v) is 14.7. The lowest BCUT2D eigenvalue weighted by Crippen LogP contribution is -1.99. The largest absolute Gasteiger partial charge is 0.354 e. The van der Waals surface area contributed by atoms with Crippen LogP contribution in [0.2, 0.25) is 0 Å². The topological polar surface area (TPSA) is 21.9 Å². The summed E-state index contributed by atoms with van der Waals surface area (Å²) in [5.41, 5.74) is 9.21. The van der Waals surface area contributed by atoms with E-state index in [-0.39, 0.29) is 0 Å². The number of rotatable bonds is 4. The normalized spacial score (nSPS) is 11.7. The molecule has 0 aliphatic heterocycles. The molecule has 0 saturated carbocycles. The molecular weight excluding hydrogens is 522 g/mol. The number of para-hydroxylation sites is 4. The molecule has 0 saturated heterocycles. The van der Waals surface area contributed by atoms with Crippen molar-refractivity contribution < 1.29 is 0 Å². The van der Waals surface area contributed by atoms with Crippen molar-refractivity contribution in [3.05, 3.63) is 158 Å². The standard InChI is InChI=1S/C40H27N3/c1-2-14-29(15-3-1)42-37-21-8-7-18-32(37)34-19-11-20-35(40(34)42)41-28-24-25-33-31-17-6-9-22-38(31)43(39(33)26-28)36-23-10-13-27-12-4-5-16-30(27)36/h1-26,41H. The maximum atomic E-state index is 3.84. The van der Waals surface area contributed by atoms with E-state index in [0.717, 1.165) is 17.1 Å². The van der Waals surface area contributed by atoms with Crippen LogP contribution in [-0.2, 0) is 0 Å². The van der Waals surface area contributed by atoms with Gasteiger partial charge >= 0.3 is 0 Å². The predicted molar refractivity (Wildman–Crippen MR) is 182 cm³/mol. The molecule has 0 aliphatic carbocycles. The molecule has 1 N–H and O–H groups in total. The molecule has 0 spiro atoms. The van der Waals surface area contributed by atoms with E-state index in [1.54, 1.807) is 0 Å². The number of aromatic nitrogens is 2. The van der Waals surface area contributed by atoms with Crippen molar-refractivity contribution in [1.82, 2.24) is 9.13 Å². The molecule has 43 heavy (non-hydrogen) atoms. The van der Waals surface area contributed by atoms with E-state index in [2.05, 4.69) is 172 Å². The Morgan fingerprint density at radius 3 is 1.84 bits per heavy atom. The Bertz CT molecular complexity index is 2480. The lowest BCUT2D eigenvalue weighted by atomic mass is 10.1. The predicted octanol–water partition coefficient (Wildman–Crippen LogP) is 10.8. The number of benzene rings is 7. The van der Waals surface area contributed by atoms with Gasteiger partial charge in [0.1, 0.15) is 0 Å². The second-order valence-electron chi connectivity index (χ2n) is 11.1. The Morgan fingerprint density at radius 1 is 0.395 bits per heavy atom. The molecular formula is C40H27N3. The number of hydrogen-bond donors (Lipinski definition) is 1. The van der Waals surface area contributed by atoms with Crippen LogP contribution >= 0.6 is 0 Å². The maximum absolute atomic E-state index is 3.84. The molecule has 0 unspecified atom stereocenters. The van der Waals surface area contributed by atoms with Gasteiger partial charge in [-0.15, -0.1) is 0 Å². The second kappa shape index (κ2) is 9.37. The molecule has 0 bridgehead atoms. The summed E-state index contributed by atoms with van der Waals surface area (Å²) in [6.45, 7) is 0. The monoisotopic (exact) mass is 549 g/mol. The molecule has 3 heteroatoms. The molecule has 0 amide bonds. The van der Waals surface area contributed by atoms with E-state index in [0.29, 0.717) is 0 Å². The van der Waals surface area contributed by atoms with E-state index >= 15 is 0 Å². The van der Waals surface area contributed by atoms with Crippen molar-refractivity contribution in [3.63, 3.8) is 0 Å². The zero-order valence-corrected chi connectivity index (χ0v) is 23.4. The van der Waals surface area contributed by atoms with Crippen LogP contribution in [0.4, 0.5) is 11.4 Å². The van der Waals surface area contributed by atoms with Gasteiger partial charge in [-0.25, -0.2) is 0 Å². The van der Waals surface area contributed by atoms with Crippen molar-refractivity contribution in [1.29, 1.82) is 0 Å². The summed E-state index contributed by atoms with van der Waals surface area (Å²) in [5, 5.41) is 11.3.